The highest BCUT2D eigenvalue weighted by Gasteiger charge is 2.06. The molecule has 0 radical (unpaired) electrons. The van der Waals surface area contributed by atoms with E-state index in [-0.39, 0.29) is 6.61 Å². The lowest BCUT2D eigenvalue weighted by atomic mass is 10.0. The Bertz CT molecular complexity index is 284. The molecule has 3 nitrogen and oxygen atoms in total. The Balaban J connectivity index is 2.78. The summed E-state index contributed by atoms with van der Waals surface area (Å²) in [6, 6.07) is 7.26. The summed E-state index contributed by atoms with van der Waals surface area (Å²) in [6.45, 7) is 1.44. The van der Waals surface area contributed by atoms with Gasteiger partial charge in [-0.25, -0.2) is 0 Å². The molecule has 1 aromatic rings. The largest absolute Gasteiger partial charge is 0.393 e. The lowest BCUT2D eigenvalue weighted by molar-refractivity contribution is 0.0955. The number of benzene rings is 1. The number of hydrogen-bond acceptors (Lipinski definition) is 3. The minimum absolute atomic E-state index is 0.280. The quantitative estimate of drug-likeness (QED) is 0.662. The van der Waals surface area contributed by atoms with E-state index in [1.165, 1.54) is 0 Å². The van der Waals surface area contributed by atoms with E-state index in [2.05, 4.69) is 0 Å². The minimum Gasteiger partial charge on any atom is -0.393 e. The lowest BCUT2D eigenvalue weighted by Gasteiger charge is -2.10. The van der Waals surface area contributed by atoms with Crippen LogP contribution in [0.25, 0.3) is 0 Å². The molecule has 0 aliphatic carbocycles. The molecular weight excluding hydrogens is 180 g/mol. The zero-order chi connectivity index (χ0) is 10.6. The zero-order valence-corrected chi connectivity index (χ0v) is 8.22. The predicted octanol–water partition coefficient (Wildman–Crippen LogP) is 0.636. The first-order valence-corrected chi connectivity index (χ1v) is 4.69. The molecule has 0 aliphatic rings. The maximum absolute atomic E-state index is 9.38. The van der Waals surface area contributed by atoms with Gasteiger partial charge >= 0.3 is 0 Å². The maximum Gasteiger partial charge on any atom is 0.102 e. The molecule has 1 rings (SSSR count). The maximum atomic E-state index is 9.38. The SMILES string of the molecule is CC(O)Cc1cccc(C(O)CO)c1. The van der Waals surface area contributed by atoms with Crippen molar-refractivity contribution in [2.24, 2.45) is 0 Å². The predicted molar refractivity (Wildman–Crippen MR) is 53.9 cm³/mol. The minimum atomic E-state index is -0.830. The molecule has 0 spiro atoms. The topological polar surface area (TPSA) is 60.7 Å². The normalized spacial score (nSPS) is 15.1. The number of aliphatic hydroxyl groups is 3. The fourth-order valence-electron chi connectivity index (χ4n) is 1.37. The molecule has 14 heavy (non-hydrogen) atoms. The van der Waals surface area contributed by atoms with E-state index < -0.39 is 12.2 Å². The van der Waals surface area contributed by atoms with E-state index in [4.69, 9.17) is 5.11 Å². The third-order valence-electron chi connectivity index (χ3n) is 2.04. The number of rotatable bonds is 4. The molecule has 2 unspecified atom stereocenters. The average Bonchev–Trinajstić information content (AvgIpc) is 2.16. The zero-order valence-electron chi connectivity index (χ0n) is 8.22. The van der Waals surface area contributed by atoms with Gasteiger partial charge in [0, 0.05) is 0 Å². The van der Waals surface area contributed by atoms with Gasteiger partial charge in [0.15, 0.2) is 0 Å². The van der Waals surface area contributed by atoms with Gasteiger partial charge in [-0.2, -0.15) is 0 Å². The van der Waals surface area contributed by atoms with E-state index in [1.807, 2.05) is 12.1 Å². The van der Waals surface area contributed by atoms with E-state index in [0.29, 0.717) is 12.0 Å². The Morgan fingerprint density at radius 3 is 2.57 bits per heavy atom. The molecule has 0 aliphatic heterocycles. The van der Waals surface area contributed by atoms with Crippen LogP contribution in [0.2, 0.25) is 0 Å². The first-order valence-electron chi connectivity index (χ1n) is 4.69. The standard InChI is InChI=1S/C11H16O3/c1-8(13)5-9-3-2-4-10(6-9)11(14)7-12/h2-4,6,8,11-14H,5,7H2,1H3. The van der Waals surface area contributed by atoms with Crippen LogP contribution in [0, 0.1) is 0 Å². The van der Waals surface area contributed by atoms with Gasteiger partial charge in [0.1, 0.15) is 6.10 Å². The van der Waals surface area contributed by atoms with Crippen LogP contribution in [0.1, 0.15) is 24.2 Å². The summed E-state index contributed by atoms with van der Waals surface area (Å²) in [5.41, 5.74) is 1.65. The van der Waals surface area contributed by atoms with Gasteiger partial charge < -0.3 is 15.3 Å². The number of aliphatic hydroxyl groups excluding tert-OH is 3. The molecule has 0 fully saturated rings. The molecule has 0 amide bonds. The second kappa shape index (κ2) is 5.10. The highest BCUT2D eigenvalue weighted by molar-refractivity contribution is 5.25. The third kappa shape index (κ3) is 3.10. The van der Waals surface area contributed by atoms with Gasteiger partial charge in [0.05, 0.1) is 12.7 Å². The van der Waals surface area contributed by atoms with Crippen molar-refractivity contribution < 1.29 is 15.3 Å². The monoisotopic (exact) mass is 196 g/mol. The summed E-state index contributed by atoms with van der Waals surface area (Å²) in [7, 11) is 0. The van der Waals surface area contributed by atoms with Gasteiger partial charge in [-0.05, 0) is 24.5 Å². The Morgan fingerprint density at radius 2 is 2.00 bits per heavy atom. The van der Waals surface area contributed by atoms with Crippen LogP contribution in [0.4, 0.5) is 0 Å². The summed E-state index contributed by atoms with van der Waals surface area (Å²) in [5.74, 6) is 0. The van der Waals surface area contributed by atoms with Gasteiger partial charge in [0.25, 0.3) is 0 Å². The molecule has 0 saturated carbocycles. The molecule has 0 aromatic heterocycles. The van der Waals surface area contributed by atoms with Crippen LogP contribution in [-0.4, -0.2) is 28.0 Å². The Hall–Kier alpha value is -0.900. The van der Waals surface area contributed by atoms with E-state index in [1.54, 1.807) is 19.1 Å². The molecule has 1 aromatic carbocycles. The second-order valence-electron chi connectivity index (χ2n) is 3.50. The fraction of sp³-hybridized carbons (Fsp3) is 0.455. The summed E-state index contributed by atoms with van der Waals surface area (Å²) in [6.07, 6.45) is -0.660. The van der Waals surface area contributed by atoms with Gasteiger partial charge in [0.2, 0.25) is 0 Å². The molecular formula is C11H16O3. The summed E-state index contributed by atoms with van der Waals surface area (Å²) in [4.78, 5) is 0. The van der Waals surface area contributed by atoms with Crippen molar-refractivity contribution >= 4 is 0 Å². The second-order valence-corrected chi connectivity index (χ2v) is 3.50. The van der Waals surface area contributed by atoms with Crippen molar-refractivity contribution in [2.45, 2.75) is 25.6 Å². The molecule has 2 atom stereocenters. The summed E-state index contributed by atoms with van der Waals surface area (Å²) < 4.78 is 0. The van der Waals surface area contributed by atoms with Crippen LogP contribution < -0.4 is 0 Å². The van der Waals surface area contributed by atoms with Gasteiger partial charge in [-0.15, -0.1) is 0 Å². The van der Waals surface area contributed by atoms with Crippen LogP contribution in [0.5, 0.6) is 0 Å². The Morgan fingerprint density at radius 1 is 1.29 bits per heavy atom. The van der Waals surface area contributed by atoms with Crippen molar-refractivity contribution in [2.75, 3.05) is 6.61 Å². The van der Waals surface area contributed by atoms with E-state index >= 15 is 0 Å². The summed E-state index contributed by atoms with van der Waals surface area (Å²) in [5, 5.41) is 27.3. The van der Waals surface area contributed by atoms with Crippen LogP contribution in [0.15, 0.2) is 24.3 Å². The molecule has 3 N–H and O–H groups in total. The lowest BCUT2D eigenvalue weighted by Crippen LogP contribution is -2.06. The first-order chi connectivity index (χ1) is 6.63. The Labute approximate surface area is 83.6 Å². The highest BCUT2D eigenvalue weighted by atomic mass is 16.3. The molecule has 0 saturated heterocycles. The van der Waals surface area contributed by atoms with Crippen molar-refractivity contribution in [1.29, 1.82) is 0 Å². The number of hydrogen-bond donors (Lipinski definition) is 3. The highest BCUT2D eigenvalue weighted by Crippen LogP contribution is 2.14. The molecule has 3 heteroatoms. The van der Waals surface area contributed by atoms with Crippen molar-refractivity contribution in [1.82, 2.24) is 0 Å². The van der Waals surface area contributed by atoms with Gasteiger partial charge in [-0.3, -0.25) is 0 Å². The van der Waals surface area contributed by atoms with Gasteiger partial charge in [-0.1, -0.05) is 24.3 Å². The smallest absolute Gasteiger partial charge is 0.102 e. The van der Waals surface area contributed by atoms with Crippen molar-refractivity contribution in [3.05, 3.63) is 35.4 Å². The first kappa shape index (κ1) is 11.2. The molecule has 0 bridgehead atoms. The van der Waals surface area contributed by atoms with Crippen molar-refractivity contribution in [3.63, 3.8) is 0 Å². The molecule has 0 heterocycles. The third-order valence-corrected chi connectivity index (χ3v) is 2.04. The van der Waals surface area contributed by atoms with E-state index in [9.17, 15) is 10.2 Å². The van der Waals surface area contributed by atoms with Crippen LogP contribution in [0.3, 0.4) is 0 Å². The fourth-order valence-corrected chi connectivity index (χ4v) is 1.37. The van der Waals surface area contributed by atoms with Crippen molar-refractivity contribution in [3.8, 4) is 0 Å². The van der Waals surface area contributed by atoms with Crippen LogP contribution >= 0.6 is 0 Å². The van der Waals surface area contributed by atoms with Crippen LogP contribution in [-0.2, 0) is 6.42 Å². The molecule has 78 valence electrons. The average molecular weight is 196 g/mol. The Kier molecular flexibility index (Phi) is 4.07. The summed E-state index contributed by atoms with van der Waals surface area (Å²) >= 11 is 0. The van der Waals surface area contributed by atoms with E-state index in [0.717, 1.165) is 5.56 Å².